The third kappa shape index (κ3) is 3.71. The summed E-state index contributed by atoms with van der Waals surface area (Å²) in [6, 6.07) is 8.58. The minimum absolute atomic E-state index is 0. The number of ether oxygens (including phenoxy) is 2. The van der Waals surface area contributed by atoms with Gasteiger partial charge in [0.15, 0.2) is 11.5 Å². The predicted octanol–water partition coefficient (Wildman–Crippen LogP) is 4.14. The molecule has 25 heavy (non-hydrogen) atoms. The van der Waals surface area contributed by atoms with Crippen molar-refractivity contribution in [2.24, 2.45) is 0 Å². The number of hydrogen-bond acceptors (Lipinski definition) is 5. The Kier molecular flexibility index (Phi) is 5.41. The first-order chi connectivity index (χ1) is 11.5. The fraction of sp³-hybridized carbons (Fsp3) is 0.375. The van der Waals surface area contributed by atoms with Gasteiger partial charge in [0, 0.05) is 36.6 Å². The molecule has 0 unspecified atom stereocenters. The van der Waals surface area contributed by atoms with Crippen LogP contribution in [-0.4, -0.2) is 37.4 Å². The fourth-order valence-electron chi connectivity index (χ4n) is 3.15. The van der Waals surface area contributed by atoms with E-state index in [0.717, 1.165) is 31.1 Å². The highest BCUT2D eigenvalue weighted by molar-refractivity contribution is 7.16. The van der Waals surface area contributed by atoms with Gasteiger partial charge in [-0.2, -0.15) is 0 Å². The SMILES string of the molecule is Cl.FC1(F)Oc2cccc([C@@H](c3ccc(Cl)s3)N3CCNCC3)c2O1. The Hall–Kier alpha value is -1.12. The fourth-order valence-corrected chi connectivity index (χ4v) is 4.37. The number of benzene rings is 1. The van der Waals surface area contributed by atoms with Gasteiger partial charge in [0.1, 0.15) is 0 Å². The van der Waals surface area contributed by atoms with E-state index in [1.807, 2.05) is 18.2 Å². The second-order valence-corrected chi connectivity index (χ2v) is 7.42. The highest BCUT2D eigenvalue weighted by atomic mass is 35.5. The Balaban J connectivity index is 0.00000182. The van der Waals surface area contributed by atoms with Crippen LogP contribution in [0.25, 0.3) is 0 Å². The molecule has 2 aliphatic rings. The average Bonchev–Trinajstić information content (AvgIpc) is 3.11. The third-order valence-electron chi connectivity index (χ3n) is 4.13. The van der Waals surface area contributed by atoms with Gasteiger partial charge in [-0.15, -0.1) is 32.5 Å². The Morgan fingerprint density at radius 1 is 1.16 bits per heavy atom. The number of thiophene rings is 1. The van der Waals surface area contributed by atoms with Gasteiger partial charge in [-0.25, -0.2) is 0 Å². The number of nitrogens with one attached hydrogen (secondary N) is 1. The summed E-state index contributed by atoms with van der Waals surface area (Å²) in [5.74, 6) is 0.177. The number of nitrogens with zero attached hydrogens (tertiary/aromatic N) is 1. The molecule has 1 fully saturated rings. The molecule has 2 aromatic rings. The molecule has 0 spiro atoms. The van der Waals surface area contributed by atoms with Crippen LogP contribution in [0.4, 0.5) is 8.78 Å². The van der Waals surface area contributed by atoms with Crippen molar-refractivity contribution in [3.63, 3.8) is 0 Å². The summed E-state index contributed by atoms with van der Waals surface area (Å²) in [6.45, 7) is 3.30. The summed E-state index contributed by atoms with van der Waals surface area (Å²) < 4.78 is 37.2. The van der Waals surface area contributed by atoms with E-state index in [0.29, 0.717) is 9.90 Å². The number of rotatable bonds is 3. The quantitative estimate of drug-likeness (QED) is 0.827. The second-order valence-electron chi connectivity index (χ2n) is 5.67. The lowest BCUT2D eigenvalue weighted by Gasteiger charge is -2.35. The number of piperazine rings is 1. The van der Waals surface area contributed by atoms with Crippen molar-refractivity contribution >= 4 is 35.3 Å². The first-order valence-corrected chi connectivity index (χ1v) is 8.82. The topological polar surface area (TPSA) is 33.7 Å². The summed E-state index contributed by atoms with van der Waals surface area (Å²) in [6.07, 6.45) is -3.63. The molecule has 1 aromatic heterocycles. The number of fused-ring (bicyclic) bond motifs is 1. The summed E-state index contributed by atoms with van der Waals surface area (Å²) in [5.41, 5.74) is 0.671. The molecule has 0 saturated carbocycles. The number of alkyl halides is 2. The smallest absolute Gasteiger partial charge is 0.395 e. The number of para-hydroxylation sites is 1. The van der Waals surface area contributed by atoms with E-state index in [4.69, 9.17) is 16.3 Å². The lowest BCUT2D eigenvalue weighted by molar-refractivity contribution is -0.287. The van der Waals surface area contributed by atoms with Crippen LogP contribution in [0.5, 0.6) is 11.5 Å². The van der Waals surface area contributed by atoms with E-state index in [2.05, 4.69) is 15.0 Å². The van der Waals surface area contributed by atoms with E-state index in [9.17, 15) is 8.78 Å². The molecular formula is C16H16Cl2F2N2O2S. The number of halogens is 4. The zero-order valence-corrected chi connectivity index (χ0v) is 15.4. The molecule has 0 radical (unpaired) electrons. The highest BCUT2D eigenvalue weighted by Gasteiger charge is 2.45. The van der Waals surface area contributed by atoms with Crippen molar-refractivity contribution in [2.45, 2.75) is 12.3 Å². The molecule has 2 aliphatic heterocycles. The predicted molar refractivity (Wildman–Crippen MR) is 95.5 cm³/mol. The van der Waals surface area contributed by atoms with Gasteiger partial charge in [0.2, 0.25) is 0 Å². The van der Waals surface area contributed by atoms with E-state index in [1.165, 1.54) is 17.4 Å². The van der Waals surface area contributed by atoms with Crippen LogP contribution in [0, 0.1) is 0 Å². The number of hydrogen-bond donors (Lipinski definition) is 1. The lowest BCUT2D eigenvalue weighted by Crippen LogP contribution is -2.45. The molecule has 1 N–H and O–H groups in total. The van der Waals surface area contributed by atoms with Gasteiger partial charge in [-0.1, -0.05) is 23.7 Å². The van der Waals surface area contributed by atoms with Gasteiger partial charge in [-0.3, -0.25) is 4.90 Å². The van der Waals surface area contributed by atoms with Gasteiger partial charge in [0.05, 0.1) is 10.4 Å². The van der Waals surface area contributed by atoms with Crippen molar-refractivity contribution in [1.29, 1.82) is 0 Å². The molecule has 1 saturated heterocycles. The summed E-state index contributed by atoms with van der Waals surface area (Å²) in [4.78, 5) is 3.24. The zero-order valence-electron chi connectivity index (χ0n) is 13.0. The van der Waals surface area contributed by atoms with Crippen molar-refractivity contribution in [2.75, 3.05) is 26.2 Å². The molecule has 1 aromatic carbocycles. The standard InChI is InChI=1S/C16H15ClF2N2O2S.ClH/c17-13-5-4-12(24-13)14(21-8-6-20-7-9-21)10-2-1-3-11-15(10)23-16(18,19)22-11;/h1-5,14,20H,6-9H2;1H/t14-;/m0./s1. The van der Waals surface area contributed by atoms with Crippen LogP contribution in [0.15, 0.2) is 30.3 Å². The van der Waals surface area contributed by atoms with Crippen LogP contribution in [0.3, 0.4) is 0 Å². The highest BCUT2D eigenvalue weighted by Crippen LogP contribution is 2.48. The zero-order chi connectivity index (χ0) is 16.7. The first-order valence-electron chi connectivity index (χ1n) is 7.62. The van der Waals surface area contributed by atoms with Crippen molar-refractivity contribution < 1.29 is 18.3 Å². The van der Waals surface area contributed by atoms with Crippen LogP contribution in [0.1, 0.15) is 16.5 Å². The Morgan fingerprint density at radius 2 is 1.92 bits per heavy atom. The minimum atomic E-state index is -3.63. The monoisotopic (exact) mass is 408 g/mol. The van der Waals surface area contributed by atoms with Gasteiger partial charge in [0.25, 0.3) is 0 Å². The second kappa shape index (κ2) is 7.25. The molecule has 1 atom stereocenters. The summed E-state index contributed by atoms with van der Waals surface area (Å²) >= 11 is 7.55. The van der Waals surface area contributed by atoms with E-state index >= 15 is 0 Å². The molecule has 0 bridgehead atoms. The Bertz CT molecular complexity index is 753. The Labute approximate surface area is 159 Å². The molecule has 136 valence electrons. The largest absolute Gasteiger partial charge is 0.586 e. The summed E-state index contributed by atoms with van der Waals surface area (Å²) in [5, 5.41) is 3.30. The van der Waals surface area contributed by atoms with Crippen LogP contribution >= 0.6 is 35.3 Å². The minimum Gasteiger partial charge on any atom is -0.395 e. The Morgan fingerprint density at radius 3 is 2.60 bits per heavy atom. The van der Waals surface area contributed by atoms with Gasteiger partial charge >= 0.3 is 6.29 Å². The van der Waals surface area contributed by atoms with E-state index in [-0.39, 0.29) is 29.9 Å². The van der Waals surface area contributed by atoms with Crippen molar-refractivity contribution in [3.8, 4) is 11.5 Å². The van der Waals surface area contributed by atoms with Crippen LogP contribution in [0.2, 0.25) is 4.34 Å². The first kappa shape index (κ1) is 18.7. The molecule has 4 nitrogen and oxygen atoms in total. The average molecular weight is 409 g/mol. The van der Waals surface area contributed by atoms with Gasteiger partial charge < -0.3 is 14.8 Å². The molecule has 0 aliphatic carbocycles. The van der Waals surface area contributed by atoms with Crippen molar-refractivity contribution in [1.82, 2.24) is 10.2 Å². The van der Waals surface area contributed by atoms with Gasteiger partial charge in [-0.05, 0) is 18.2 Å². The molecular weight excluding hydrogens is 393 g/mol. The molecule has 0 amide bonds. The lowest BCUT2D eigenvalue weighted by atomic mass is 10.0. The van der Waals surface area contributed by atoms with Crippen LogP contribution in [-0.2, 0) is 0 Å². The maximum absolute atomic E-state index is 13.5. The van der Waals surface area contributed by atoms with Crippen molar-refractivity contribution in [3.05, 3.63) is 45.1 Å². The van der Waals surface area contributed by atoms with E-state index in [1.54, 1.807) is 6.07 Å². The molecule has 4 rings (SSSR count). The van der Waals surface area contributed by atoms with E-state index < -0.39 is 6.29 Å². The normalized spacial score (nSPS) is 20.1. The molecule has 3 heterocycles. The molecule has 9 heteroatoms. The maximum atomic E-state index is 13.5. The maximum Gasteiger partial charge on any atom is 0.586 e. The van der Waals surface area contributed by atoms with Crippen LogP contribution < -0.4 is 14.8 Å². The third-order valence-corrected chi connectivity index (χ3v) is 5.42. The summed E-state index contributed by atoms with van der Waals surface area (Å²) in [7, 11) is 0.